The summed E-state index contributed by atoms with van der Waals surface area (Å²) in [5, 5.41) is 2.87. The van der Waals surface area contributed by atoms with Crippen molar-refractivity contribution in [3.63, 3.8) is 0 Å². The van der Waals surface area contributed by atoms with Crippen LogP contribution in [0.15, 0.2) is 70.9 Å². The Hall–Kier alpha value is -3.96. The maximum atomic E-state index is 12.6. The number of hydrogen-bond acceptors (Lipinski definition) is 7. The number of nitrogens with zero attached hydrogens (tertiary/aromatic N) is 4. The van der Waals surface area contributed by atoms with Crippen LogP contribution in [0.4, 0.5) is 0 Å². The van der Waals surface area contributed by atoms with Gasteiger partial charge >= 0.3 is 0 Å². The predicted octanol–water partition coefficient (Wildman–Crippen LogP) is 2.19. The first-order chi connectivity index (χ1) is 17.0. The Labute approximate surface area is 208 Å². The second kappa shape index (κ2) is 9.96. The molecule has 36 heavy (non-hydrogen) atoms. The molecule has 4 rings (SSSR count). The Morgan fingerprint density at radius 3 is 2.67 bits per heavy atom. The number of hydrogen-bond donors (Lipinski definition) is 1. The van der Waals surface area contributed by atoms with Crippen molar-refractivity contribution in [3.8, 4) is 22.8 Å². The van der Waals surface area contributed by atoms with E-state index in [9.17, 15) is 18.0 Å². The van der Waals surface area contributed by atoms with Crippen LogP contribution in [0.3, 0.4) is 0 Å². The third kappa shape index (κ3) is 5.31. The van der Waals surface area contributed by atoms with Crippen LogP contribution in [-0.2, 0) is 16.9 Å². The molecule has 2 aromatic carbocycles. The molecule has 0 unspecified atom stereocenters. The number of fused-ring (bicyclic) bond motifs is 1. The Morgan fingerprint density at radius 1 is 1.17 bits per heavy atom. The molecule has 188 valence electrons. The van der Waals surface area contributed by atoms with E-state index in [4.69, 9.17) is 4.74 Å². The monoisotopic (exact) mass is 509 g/mol. The molecule has 4 aromatic rings. The topological polar surface area (TPSA) is 115 Å². The Morgan fingerprint density at radius 2 is 1.94 bits per heavy atom. The number of sulfone groups is 1. The molecular weight excluding hydrogens is 482 g/mol. The molecule has 0 aliphatic rings. The molecule has 1 N–H and O–H groups in total. The summed E-state index contributed by atoms with van der Waals surface area (Å²) >= 11 is 0. The molecular formula is C25H27N5O5S. The minimum Gasteiger partial charge on any atom is -0.457 e. The smallest absolute Gasteiger partial charge is 0.276 e. The second-order valence-electron chi connectivity index (χ2n) is 8.70. The number of rotatable bonds is 8. The minimum absolute atomic E-state index is 0.0981. The van der Waals surface area contributed by atoms with Gasteiger partial charge in [-0.3, -0.25) is 14.0 Å². The summed E-state index contributed by atoms with van der Waals surface area (Å²) < 4.78 is 33.8. The molecule has 0 saturated heterocycles. The van der Waals surface area contributed by atoms with E-state index in [0.717, 1.165) is 6.26 Å². The summed E-state index contributed by atoms with van der Waals surface area (Å²) in [7, 11) is 1.94. The molecule has 11 heteroatoms. The lowest BCUT2D eigenvalue weighted by Gasteiger charge is -2.16. The number of imidazole rings is 1. The molecule has 2 heterocycles. The van der Waals surface area contributed by atoms with E-state index in [1.54, 1.807) is 48.0 Å². The molecule has 10 nitrogen and oxygen atoms in total. The number of amides is 1. The van der Waals surface area contributed by atoms with Crippen LogP contribution in [0, 0.1) is 0 Å². The summed E-state index contributed by atoms with van der Waals surface area (Å²) in [4.78, 5) is 31.2. The normalized spacial score (nSPS) is 11.7. The summed E-state index contributed by atoms with van der Waals surface area (Å²) in [5.41, 5.74) is 1.48. The highest BCUT2D eigenvalue weighted by molar-refractivity contribution is 7.90. The lowest BCUT2D eigenvalue weighted by molar-refractivity contribution is 0.0950. The zero-order valence-electron chi connectivity index (χ0n) is 20.4. The van der Waals surface area contributed by atoms with Crippen molar-refractivity contribution in [1.82, 2.24) is 24.2 Å². The molecule has 1 amide bonds. The highest BCUT2D eigenvalue weighted by atomic mass is 32.2. The van der Waals surface area contributed by atoms with Crippen molar-refractivity contribution in [2.24, 2.45) is 7.05 Å². The fourth-order valence-corrected chi connectivity index (χ4v) is 4.33. The third-order valence-electron chi connectivity index (χ3n) is 5.58. The Balaban J connectivity index is 1.77. The average Bonchev–Trinajstić information content (AvgIpc) is 3.31. The highest BCUT2D eigenvalue weighted by Crippen LogP contribution is 2.35. The van der Waals surface area contributed by atoms with Crippen LogP contribution in [0.5, 0.6) is 11.5 Å². The number of nitrogens with one attached hydrogen (secondary N) is 1. The van der Waals surface area contributed by atoms with Crippen LogP contribution < -0.4 is 15.6 Å². The molecule has 0 aliphatic heterocycles. The van der Waals surface area contributed by atoms with Gasteiger partial charge in [-0.15, -0.1) is 0 Å². The first kappa shape index (κ1) is 25.1. The molecule has 0 saturated carbocycles. The van der Waals surface area contributed by atoms with Crippen molar-refractivity contribution in [2.45, 2.75) is 4.90 Å². The van der Waals surface area contributed by atoms with Gasteiger partial charge in [-0.05, 0) is 50.5 Å². The zero-order chi connectivity index (χ0) is 26.0. The summed E-state index contributed by atoms with van der Waals surface area (Å²) in [5.74, 6) is 0.518. The van der Waals surface area contributed by atoms with Gasteiger partial charge in [0.1, 0.15) is 17.0 Å². The Bertz CT molecular complexity index is 1600. The van der Waals surface area contributed by atoms with Crippen molar-refractivity contribution in [1.29, 1.82) is 0 Å². The zero-order valence-corrected chi connectivity index (χ0v) is 21.2. The number of carbonyl (C=O) groups excluding carboxylic acids is 1. The summed E-state index contributed by atoms with van der Waals surface area (Å²) in [6.45, 7) is 1.21. The van der Waals surface area contributed by atoms with Crippen LogP contribution in [0.25, 0.3) is 16.8 Å². The molecule has 0 radical (unpaired) electrons. The lowest BCUT2D eigenvalue weighted by Crippen LogP contribution is -2.31. The van der Waals surface area contributed by atoms with E-state index in [1.165, 1.54) is 29.2 Å². The number of ether oxygens (including phenoxy) is 1. The number of benzene rings is 2. The lowest BCUT2D eigenvalue weighted by atomic mass is 10.1. The fraction of sp³-hybridized carbons (Fsp3) is 0.240. The molecule has 0 aliphatic carbocycles. The van der Waals surface area contributed by atoms with Crippen molar-refractivity contribution >= 4 is 21.3 Å². The van der Waals surface area contributed by atoms with E-state index in [0.29, 0.717) is 46.9 Å². The molecule has 0 bridgehead atoms. The number of carbonyl (C=O) groups is 1. The van der Waals surface area contributed by atoms with Gasteiger partial charge in [0.05, 0.1) is 23.1 Å². The molecule has 0 spiro atoms. The number of aromatic nitrogens is 3. The van der Waals surface area contributed by atoms with Gasteiger partial charge in [0.2, 0.25) is 0 Å². The molecule has 0 fully saturated rings. The van der Waals surface area contributed by atoms with Gasteiger partial charge in [-0.2, -0.15) is 0 Å². The van der Waals surface area contributed by atoms with Gasteiger partial charge in [0, 0.05) is 43.7 Å². The highest BCUT2D eigenvalue weighted by Gasteiger charge is 2.18. The SMILES string of the molecule is CN(C)CCNC(=O)c1cccc(Oc2ccc(S(C)(=O)=O)cc2-c2cn(C)c(=O)c3cncn23)c1. The molecule has 0 atom stereocenters. The summed E-state index contributed by atoms with van der Waals surface area (Å²) in [6.07, 6.45) is 5.66. The first-order valence-electron chi connectivity index (χ1n) is 11.1. The maximum absolute atomic E-state index is 12.6. The van der Waals surface area contributed by atoms with Crippen molar-refractivity contribution < 1.29 is 17.9 Å². The summed E-state index contributed by atoms with van der Waals surface area (Å²) in [6, 6.07) is 11.2. The molecule has 2 aromatic heterocycles. The van der Waals surface area contributed by atoms with E-state index < -0.39 is 9.84 Å². The van der Waals surface area contributed by atoms with Crippen LogP contribution in [0.1, 0.15) is 10.4 Å². The number of aryl methyl sites for hydroxylation is 1. The van der Waals surface area contributed by atoms with E-state index >= 15 is 0 Å². The van der Waals surface area contributed by atoms with E-state index in [1.807, 2.05) is 19.0 Å². The third-order valence-corrected chi connectivity index (χ3v) is 6.69. The van der Waals surface area contributed by atoms with Gasteiger partial charge in [-0.25, -0.2) is 13.4 Å². The van der Waals surface area contributed by atoms with Crippen molar-refractivity contribution in [3.05, 3.63) is 77.1 Å². The maximum Gasteiger partial charge on any atom is 0.276 e. The standard InChI is InChI=1S/C25H27N5O5S/c1-28(2)11-10-27-24(31)17-6-5-7-18(12-17)35-23-9-8-19(36(4,33)34)13-20(23)22-15-29(3)25(32)21-14-26-16-30(21)22/h5-9,12-16H,10-11H2,1-4H3,(H,27,31). The quantitative estimate of drug-likeness (QED) is 0.387. The van der Waals surface area contributed by atoms with Crippen LogP contribution >= 0.6 is 0 Å². The number of likely N-dealkylation sites (N-methyl/N-ethyl adjacent to an activating group) is 1. The largest absolute Gasteiger partial charge is 0.457 e. The fourth-order valence-electron chi connectivity index (χ4n) is 3.68. The van der Waals surface area contributed by atoms with Gasteiger partial charge < -0.3 is 19.5 Å². The van der Waals surface area contributed by atoms with Crippen LogP contribution in [0.2, 0.25) is 0 Å². The minimum atomic E-state index is -3.52. The van der Waals surface area contributed by atoms with Gasteiger partial charge in [-0.1, -0.05) is 6.07 Å². The van der Waals surface area contributed by atoms with Gasteiger partial charge in [0.25, 0.3) is 11.5 Å². The Kier molecular flexibility index (Phi) is 6.95. The predicted molar refractivity (Wildman–Crippen MR) is 136 cm³/mol. The van der Waals surface area contributed by atoms with Crippen molar-refractivity contribution in [2.75, 3.05) is 33.4 Å². The average molecular weight is 510 g/mol. The van der Waals surface area contributed by atoms with Gasteiger partial charge in [0.15, 0.2) is 9.84 Å². The second-order valence-corrected chi connectivity index (χ2v) is 10.7. The van der Waals surface area contributed by atoms with Crippen LogP contribution in [-0.4, -0.2) is 66.6 Å². The van der Waals surface area contributed by atoms with E-state index in [-0.39, 0.29) is 16.4 Å². The van der Waals surface area contributed by atoms with E-state index in [2.05, 4.69) is 10.3 Å². The first-order valence-corrected chi connectivity index (χ1v) is 13.0.